The third kappa shape index (κ3) is 4.82. The van der Waals surface area contributed by atoms with Gasteiger partial charge in [-0.15, -0.1) is 0 Å². The highest BCUT2D eigenvalue weighted by Gasteiger charge is 2.29. The molecule has 0 saturated heterocycles. The van der Waals surface area contributed by atoms with E-state index in [1.54, 1.807) is 49.2 Å². The number of aromatic nitrogens is 2. The summed E-state index contributed by atoms with van der Waals surface area (Å²) in [5.41, 5.74) is 2.63. The van der Waals surface area contributed by atoms with Gasteiger partial charge in [-0.1, -0.05) is 12.8 Å². The number of imidazole rings is 1. The van der Waals surface area contributed by atoms with Crippen molar-refractivity contribution in [1.82, 2.24) is 9.38 Å². The molecule has 8 heteroatoms. The van der Waals surface area contributed by atoms with Gasteiger partial charge in [-0.25, -0.2) is 9.78 Å². The van der Waals surface area contributed by atoms with Crippen molar-refractivity contribution in [2.45, 2.75) is 57.3 Å². The van der Waals surface area contributed by atoms with Crippen molar-refractivity contribution in [2.24, 2.45) is 0 Å². The molecule has 1 aromatic carbocycles. The van der Waals surface area contributed by atoms with Crippen LogP contribution in [0, 0.1) is 6.92 Å². The molecule has 0 unspecified atom stereocenters. The number of hydrogen-bond acceptors (Lipinski definition) is 6. The van der Waals surface area contributed by atoms with Gasteiger partial charge in [0.1, 0.15) is 23.2 Å². The number of pyridine rings is 1. The maximum atomic E-state index is 11.6. The minimum Gasteiger partial charge on any atom is -0.496 e. The summed E-state index contributed by atoms with van der Waals surface area (Å²) in [5.74, 6) is 0.221. The van der Waals surface area contributed by atoms with Gasteiger partial charge in [-0.2, -0.15) is 0 Å². The lowest BCUT2D eigenvalue weighted by atomic mass is 9.98. The van der Waals surface area contributed by atoms with Crippen LogP contribution in [0.3, 0.4) is 0 Å². The van der Waals surface area contributed by atoms with Gasteiger partial charge in [0.05, 0.1) is 32.1 Å². The highest BCUT2D eigenvalue weighted by atomic mass is 16.5. The zero-order chi connectivity index (χ0) is 23.5. The van der Waals surface area contributed by atoms with Gasteiger partial charge in [0, 0.05) is 24.4 Å². The lowest BCUT2D eigenvalue weighted by Gasteiger charge is -2.27. The molecule has 4 rings (SSSR count). The quantitative estimate of drug-likeness (QED) is 0.504. The number of methoxy groups -OCH3 is 2. The molecule has 2 aromatic heterocycles. The molecule has 1 fully saturated rings. The Hall–Kier alpha value is -3.10. The molecule has 0 bridgehead atoms. The van der Waals surface area contributed by atoms with E-state index in [-0.39, 0.29) is 11.7 Å². The number of aliphatic hydroxyl groups excluding tert-OH is 1. The molecule has 2 heterocycles. The summed E-state index contributed by atoms with van der Waals surface area (Å²) in [5, 5.41) is 20.9. The second-order valence-corrected chi connectivity index (χ2v) is 8.47. The number of fused-ring (bicyclic) bond motifs is 1. The first kappa shape index (κ1) is 23.1. The first-order chi connectivity index (χ1) is 15.9. The van der Waals surface area contributed by atoms with Crippen LogP contribution in [0.4, 0.5) is 0 Å². The number of aromatic carboxylic acids is 1. The van der Waals surface area contributed by atoms with E-state index in [4.69, 9.17) is 14.2 Å². The average molecular weight is 455 g/mol. The Morgan fingerprint density at radius 3 is 2.48 bits per heavy atom. The van der Waals surface area contributed by atoms with Crippen LogP contribution in [0.15, 0.2) is 36.7 Å². The number of nitrogens with zero attached hydrogens (tertiary/aromatic N) is 2. The van der Waals surface area contributed by atoms with E-state index < -0.39 is 18.2 Å². The van der Waals surface area contributed by atoms with Crippen LogP contribution < -0.4 is 9.47 Å². The topological polar surface area (TPSA) is 103 Å². The van der Waals surface area contributed by atoms with Gasteiger partial charge in [0.15, 0.2) is 5.65 Å². The van der Waals surface area contributed by atoms with Gasteiger partial charge in [0.25, 0.3) is 0 Å². The number of hydrogen-bond donors (Lipinski definition) is 2. The van der Waals surface area contributed by atoms with E-state index in [0.717, 1.165) is 31.2 Å². The normalized spacial score (nSPS) is 16.1. The molecule has 8 nitrogen and oxygen atoms in total. The van der Waals surface area contributed by atoms with Crippen molar-refractivity contribution in [3.63, 3.8) is 0 Å². The Kier molecular flexibility index (Phi) is 6.85. The van der Waals surface area contributed by atoms with E-state index in [1.807, 2.05) is 6.92 Å². The summed E-state index contributed by atoms with van der Waals surface area (Å²) < 4.78 is 19.0. The standard InChI is InChI=1S/C25H30N2O6/c1-15-20(31-2)11-16(12-21(15)32-3)23(28)22(33-18-7-4-5-8-18)13-17-14-27-10-6-9-19(25(29)30)24(27)26-17/h6,9-12,14,18,22-23,28H,4-5,7-8,13H2,1-3H3,(H,29,30)/t22-,23+/m0/s1. The molecular formula is C25H30N2O6. The van der Waals surface area contributed by atoms with Crippen molar-refractivity contribution >= 4 is 11.6 Å². The summed E-state index contributed by atoms with van der Waals surface area (Å²) in [6.45, 7) is 1.90. The molecule has 1 saturated carbocycles. The minimum atomic E-state index is -1.03. The molecule has 176 valence electrons. The van der Waals surface area contributed by atoms with E-state index >= 15 is 0 Å². The predicted molar refractivity (Wildman–Crippen MR) is 122 cm³/mol. The Bertz CT molecular complexity index is 1110. The molecule has 0 amide bonds. The van der Waals surface area contributed by atoms with E-state index in [2.05, 4.69) is 4.98 Å². The molecule has 33 heavy (non-hydrogen) atoms. The fraction of sp³-hybridized carbons (Fsp3) is 0.440. The summed E-state index contributed by atoms with van der Waals surface area (Å²) in [7, 11) is 3.17. The van der Waals surface area contributed by atoms with Gasteiger partial charge in [-0.05, 0) is 49.6 Å². The zero-order valence-electron chi connectivity index (χ0n) is 19.2. The van der Waals surface area contributed by atoms with Crippen LogP contribution in [0.2, 0.25) is 0 Å². The SMILES string of the molecule is COc1cc([C@@H](O)[C@H](Cc2cn3cccc(C(=O)O)c3n2)OC2CCCC2)cc(OC)c1C. The number of aliphatic hydroxyl groups is 1. The average Bonchev–Trinajstić information content (AvgIpc) is 3.47. The largest absolute Gasteiger partial charge is 0.496 e. The molecule has 3 aromatic rings. The number of rotatable bonds is 9. The van der Waals surface area contributed by atoms with Crippen molar-refractivity contribution < 1.29 is 29.2 Å². The van der Waals surface area contributed by atoms with E-state index in [1.165, 1.54) is 6.07 Å². The highest BCUT2D eigenvalue weighted by Crippen LogP contribution is 2.35. The molecule has 0 aliphatic heterocycles. The van der Waals surface area contributed by atoms with Gasteiger partial charge in [0.2, 0.25) is 0 Å². The number of ether oxygens (including phenoxy) is 3. The Balaban J connectivity index is 1.68. The Labute approximate surface area is 192 Å². The summed E-state index contributed by atoms with van der Waals surface area (Å²) in [4.78, 5) is 16.1. The van der Waals surface area contributed by atoms with Crippen molar-refractivity contribution in [2.75, 3.05) is 14.2 Å². The number of carbonyl (C=O) groups is 1. The molecule has 0 radical (unpaired) electrons. The molecule has 1 aliphatic carbocycles. The number of carboxylic acid groups (broad SMARTS) is 1. The first-order valence-corrected chi connectivity index (χ1v) is 11.2. The fourth-order valence-corrected chi connectivity index (χ4v) is 4.53. The maximum absolute atomic E-state index is 11.6. The first-order valence-electron chi connectivity index (χ1n) is 11.2. The third-order valence-corrected chi connectivity index (χ3v) is 6.31. The predicted octanol–water partition coefficient (Wildman–Crippen LogP) is 3.96. The molecule has 2 N–H and O–H groups in total. The van der Waals surface area contributed by atoms with Crippen LogP contribution >= 0.6 is 0 Å². The van der Waals surface area contributed by atoms with Gasteiger partial charge < -0.3 is 28.8 Å². The lowest BCUT2D eigenvalue weighted by Crippen LogP contribution is -2.29. The second kappa shape index (κ2) is 9.80. The Morgan fingerprint density at radius 1 is 1.21 bits per heavy atom. The molecule has 2 atom stereocenters. The lowest BCUT2D eigenvalue weighted by molar-refractivity contribution is -0.0757. The minimum absolute atomic E-state index is 0.0745. The number of carboxylic acids is 1. The molecule has 1 aliphatic rings. The van der Waals surface area contributed by atoms with Gasteiger partial charge >= 0.3 is 5.97 Å². The van der Waals surface area contributed by atoms with Crippen molar-refractivity contribution in [3.8, 4) is 11.5 Å². The smallest absolute Gasteiger partial charge is 0.339 e. The summed E-state index contributed by atoms with van der Waals surface area (Å²) in [6, 6.07) is 6.81. The second-order valence-electron chi connectivity index (χ2n) is 8.47. The summed E-state index contributed by atoms with van der Waals surface area (Å²) in [6.07, 6.45) is 6.57. The summed E-state index contributed by atoms with van der Waals surface area (Å²) >= 11 is 0. The van der Waals surface area contributed by atoms with E-state index in [9.17, 15) is 15.0 Å². The van der Waals surface area contributed by atoms with Gasteiger partial charge in [-0.3, -0.25) is 0 Å². The van der Waals surface area contributed by atoms with Crippen LogP contribution in [-0.4, -0.2) is 52.0 Å². The van der Waals surface area contributed by atoms with Crippen LogP contribution in [0.5, 0.6) is 11.5 Å². The molecule has 0 spiro atoms. The monoisotopic (exact) mass is 454 g/mol. The highest BCUT2D eigenvalue weighted by molar-refractivity contribution is 5.94. The van der Waals surface area contributed by atoms with E-state index in [0.29, 0.717) is 34.8 Å². The van der Waals surface area contributed by atoms with Crippen LogP contribution in [0.1, 0.15) is 59.0 Å². The van der Waals surface area contributed by atoms with Crippen LogP contribution in [0.25, 0.3) is 5.65 Å². The zero-order valence-corrected chi connectivity index (χ0v) is 19.2. The Morgan fingerprint density at radius 2 is 1.88 bits per heavy atom. The maximum Gasteiger partial charge on any atom is 0.339 e. The van der Waals surface area contributed by atoms with Crippen LogP contribution in [-0.2, 0) is 11.2 Å². The molecular weight excluding hydrogens is 424 g/mol. The third-order valence-electron chi connectivity index (χ3n) is 6.31. The number of benzene rings is 1. The van der Waals surface area contributed by atoms with Crippen molar-refractivity contribution in [1.29, 1.82) is 0 Å². The van der Waals surface area contributed by atoms with Crippen molar-refractivity contribution in [3.05, 3.63) is 59.0 Å². The fourth-order valence-electron chi connectivity index (χ4n) is 4.53.